The minimum absolute atomic E-state index is 0.0806. The molecule has 0 N–H and O–H groups in total. The molecule has 118 valence electrons. The van der Waals surface area contributed by atoms with Gasteiger partial charge < -0.3 is 4.90 Å². The fraction of sp³-hybridized carbons (Fsp3) is 0.600. The molecule has 6 nitrogen and oxygen atoms in total. The Hall–Kier alpha value is -1.76. The maximum absolute atomic E-state index is 12.4. The van der Waals surface area contributed by atoms with Crippen molar-refractivity contribution in [2.75, 3.05) is 13.1 Å². The summed E-state index contributed by atoms with van der Waals surface area (Å²) in [4.78, 5) is 15.1. The zero-order chi connectivity index (χ0) is 15.7. The monoisotopic (exact) mass is 319 g/mol. The van der Waals surface area contributed by atoms with Crippen molar-refractivity contribution < 1.29 is 4.79 Å². The fourth-order valence-corrected chi connectivity index (χ4v) is 3.62. The SMILES string of the molecule is Cc1cc(C)n(CC2CCN(C(=O)c3snnc3C)CC2)n1. The number of rotatable bonds is 3. The van der Waals surface area contributed by atoms with Gasteiger partial charge in [-0.15, -0.1) is 5.10 Å². The number of carbonyl (C=O) groups excluding carboxylic acids is 1. The summed E-state index contributed by atoms with van der Waals surface area (Å²) in [7, 11) is 0. The van der Waals surface area contributed by atoms with Gasteiger partial charge in [0.15, 0.2) is 0 Å². The van der Waals surface area contributed by atoms with Crippen molar-refractivity contribution in [2.24, 2.45) is 5.92 Å². The van der Waals surface area contributed by atoms with Crippen molar-refractivity contribution in [2.45, 2.75) is 40.2 Å². The summed E-state index contributed by atoms with van der Waals surface area (Å²) in [6, 6.07) is 2.11. The first-order chi connectivity index (χ1) is 10.5. The largest absolute Gasteiger partial charge is 0.338 e. The fourth-order valence-electron chi connectivity index (χ4n) is 2.99. The second-order valence-corrected chi connectivity index (χ2v) is 6.79. The average molecular weight is 319 g/mol. The third kappa shape index (κ3) is 3.04. The lowest BCUT2D eigenvalue weighted by Crippen LogP contribution is -2.39. The molecular formula is C15H21N5OS. The van der Waals surface area contributed by atoms with Gasteiger partial charge in [0.05, 0.1) is 11.4 Å². The summed E-state index contributed by atoms with van der Waals surface area (Å²) in [5.41, 5.74) is 3.01. The molecule has 0 bridgehead atoms. The van der Waals surface area contributed by atoms with Crippen LogP contribution in [0.25, 0.3) is 0 Å². The summed E-state index contributed by atoms with van der Waals surface area (Å²) < 4.78 is 5.95. The molecule has 1 saturated heterocycles. The van der Waals surface area contributed by atoms with Crippen LogP contribution in [0.5, 0.6) is 0 Å². The van der Waals surface area contributed by atoms with Crippen molar-refractivity contribution in [3.8, 4) is 0 Å². The van der Waals surface area contributed by atoms with Crippen molar-refractivity contribution >= 4 is 17.4 Å². The molecule has 0 aromatic carbocycles. The highest BCUT2D eigenvalue weighted by Crippen LogP contribution is 2.22. The number of aromatic nitrogens is 4. The smallest absolute Gasteiger partial charge is 0.267 e. The molecule has 0 radical (unpaired) electrons. The van der Waals surface area contributed by atoms with Crippen LogP contribution in [-0.4, -0.2) is 43.3 Å². The summed E-state index contributed by atoms with van der Waals surface area (Å²) in [6.45, 7) is 8.52. The number of likely N-dealkylation sites (tertiary alicyclic amines) is 1. The second kappa shape index (κ2) is 6.16. The molecule has 1 amide bonds. The number of amides is 1. The normalized spacial score (nSPS) is 16.2. The summed E-state index contributed by atoms with van der Waals surface area (Å²) >= 11 is 1.19. The molecule has 1 aliphatic rings. The Kier molecular flexibility index (Phi) is 4.24. The van der Waals surface area contributed by atoms with Crippen LogP contribution >= 0.6 is 11.5 Å². The zero-order valence-corrected chi connectivity index (χ0v) is 14.1. The molecule has 0 aliphatic carbocycles. The van der Waals surface area contributed by atoms with Gasteiger partial charge in [0.2, 0.25) is 0 Å². The van der Waals surface area contributed by atoms with Crippen LogP contribution in [0.1, 0.15) is 39.6 Å². The van der Waals surface area contributed by atoms with Crippen molar-refractivity contribution in [3.63, 3.8) is 0 Å². The summed E-state index contributed by atoms with van der Waals surface area (Å²) in [6.07, 6.45) is 2.05. The molecule has 3 heterocycles. The van der Waals surface area contributed by atoms with Gasteiger partial charge in [-0.1, -0.05) is 4.49 Å². The number of carbonyl (C=O) groups is 1. The standard InChI is InChI=1S/C15H21N5OS/c1-10-8-11(2)20(17-10)9-13-4-6-19(7-5-13)15(21)14-12(3)16-18-22-14/h8,13H,4-7,9H2,1-3H3. The molecular weight excluding hydrogens is 298 g/mol. The van der Waals surface area contributed by atoms with E-state index in [0.717, 1.165) is 43.9 Å². The van der Waals surface area contributed by atoms with Crippen LogP contribution in [0.15, 0.2) is 6.07 Å². The van der Waals surface area contributed by atoms with Gasteiger partial charge in [-0.25, -0.2) is 0 Å². The topological polar surface area (TPSA) is 63.9 Å². The Morgan fingerprint density at radius 3 is 2.59 bits per heavy atom. The van der Waals surface area contributed by atoms with Gasteiger partial charge in [-0.05, 0) is 57.1 Å². The maximum Gasteiger partial charge on any atom is 0.267 e. The summed E-state index contributed by atoms with van der Waals surface area (Å²) in [5, 5.41) is 8.46. The third-order valence-electron chi connectivity index (χ3n) is 4.28. The Morgan fingerprint density at radius 1 is 1.32 bits per heavy atom. The minimum Gasteiger partial charge on any atom is -0.338 e. The van der Waals surface area contributed by atoms with Gasteiger partial charge >= 0.3 is 0 Å². The number of aryl methyl sites for hydroxylation is 3. The van der Waals surface area contributed by atoms with E-state index >= 15 is 0 Å². The van der Waals surface area contributed by atoms with Crippen LogP contribution in [0.2, 0.25) is 0 Å². The van der Waals surface area contributed by atoms with E-state index in [2.05, 4.69) is 32.4 Å². The molecule has 2 aromatic rings. The number of nitrogens with zero attached hydrogens (tertiary/aromatic N) is 5. The van der Waals surface area contributed by atoms with Crippen LogP contribution in [0.4, 0.5) is 0 Å². The Bertz CT molecular complexity index is 669. The zero-order valence-electron chi connectivity index (χ0n) is 13.2. The number of hydrogen-bond acceptors (Lipinski definition) is 5. The molecule has 1 fully saturated rings. The molecule has 1 aliphatic heterocycles. The van der Waals surface area contributed by atoms with Crippen molar-refractivity contribution in [1.29, 1.82) is 0 Å². The molecule has 2 aromatic heterocycles. The first kappa shape index (κ1) is 15.1. The molecule has 22 heavy (non-hydrogen) atoms. The van der Waals surface area contributed by atoms with Crippen molar-refractivity contribution in [3.05, 3.63) is 28.0 Å². The van der Waals surface area contributed by atoms with Gasteiger partial charge in [0.1, 0.15) is 4.88 Å². The molecule has 0 unspecified atom stereocenters. The first-order valence-corrected chi connectivity index (χ1v) is 8.41. The van der Waals surface area contributed by atoms with E-state index in [4.69, 9.17) is 0 Å². The minimum atomic E-state index is 0.0806. The molecule has 7 heteroatoms. The lowest BCUT2D eigenvalue weighted by Gasteiger charge is -2.31. The van der Waals surface area contributed by atoms with Crippen LogP contribution < -0.4 is 0 Å². The van der Waals surface area contributed by atoms with Crippen molar-refractivity contribution in [1.82, 2.24) is 24.3 Å². The second-order valence-electron chi connectivity index (χ2n) is 6.03. The maximum atomic E-state index is 12.4. The van der Waals surface area contributed by atoms with E-state index in [1.165, 1.54) is 17.2 Å². The van der Waals surface area contributed by atoms with Gasteiger partial charge in [-0.3, -0.25) is 9.48 Å². The van der Waals surface area contributed by atoms with Crippen LogP contribution in [0, 0.1) is 26.7 Å². The third-order valence-corrected chi connectivity index (χ3v) is 5.10. The highest BCUT2D eigenvalue weighted by Gasteiger charge is 2.26. The lowest BCUT2D eigenvalue weighted by molar-refractivity contribution is 0.0685. The Labute approximate surface area is 134 Å². The first-order valence-electron chi connectivity index (χ1n) is 7.64. The average Bonchev–Trinajstić information content (AvgIpc) is 3.05. The number of hydrogen-bond donors (Lipinski definition) is 0. The highest BCUT2D eigenvalue weighted by atomic mass is 32.1. The van der Waals surface area contributed by atoms with E-state index < -0.39 is 0 Å². The molecule has 0 spiro atoms. The van der Waals surface area contributed by atoms with E-state index in [-0.39, 0.29) is 5.91 Å². The van der Waals surface area contributed by atoms with Crippen LogP contribution in [0.3, 0.4) is 0 Å². The van der Waals surface area contributed by atoms with Gasteiger partial charge in [0, 0.05) is 25.3 Å². The molecule has 0 saturated carbocycles. The van der Waals surface area contributed by atoms with E-state index in [1.807, 2.05) is 18.7 Å². The van der Waals surface area contributed by atoms with Gasteiger partial charge in [0.25, 0.3) is 5.91 Å². The highest BCUT2D eigenvalue weighted by molar-refractivity contribution is 7.07. The predicted octanol–water partition coefficient (Wildman–Crippen LogP) is 2.21. The van der Waals surface area contributed by atoms with Crippen LogP contribution in [-0.2, 0) is 6.54 Å². The quantitative estimate of drug-likeness (QED) is 0.870. The number of piperidine rings is 1. The summed E-state index contributed by atoms with van der Waals surface area (Å²) in [5.74, 6) is 0.666. The van der Waals surface area contributed by atoms with E-state index in [1.54, 1.807) is 0 Å². The molecule has 3 rings (SSSR count). The molecule has 0 atom stereocenters. The predicted molar refractivity (Wildman–Crippen MR) is 85.0 cm³/mol. The Balaban J connectivity index is 1.57. The van der Waals surface area contributed by atoms with Gasteiger partial charge in [-0.2, -0.15) is 5.10 Å². The lowest BCUT2D eigenvalue weighted by atomic mass is 9.96. The van der Waals surface area contributed by atoms with E-state index in [0.29, 0.717) is 10.8 Å². The van der Waals surface area contributed by atoms with E-state index in [9.17, 15) is 4.79 Å². The Morgan fingerprint density at radius 2 is 2.05 bits per heavy atom.